The summed E-state index contributed by atoms with van der Waals surface area (Å²) in [5.41, 5.74) is 1.75. The molecule has 0 aliphatic rings. The first-order valence-electron chi connectivity index (χ1n) is 4.73. The van der Waals surface area contributed by atoms with Crippen LogP contribution in [0.4, 0.5) is 13.2 Å². The topological polar surface area (TPSA) is 22.1 Å². The van der Waals surface area contributed by atoms with Crippen molar-refractivity contribution in [1.82, 2.24) is 4.98 Å². The van der Waals surface area contributed by atoms with E-state index in [2.05, 4.69) is 4.98 Å². The molecule has 0 atom stereocenters. The van der Waals surface area contributed by atoms with Gasteiger partial charge in [-0.3, -0.25) is 0 Å². The van der Waals surface area contributed by atoms with E-state index in [1.54, 1.807) is 5.51 Å². The lowest BCUT2D eigenvalue weighted by molar-refractivity contribution is -0.137. The zero-order valence-electron chi connectivity index (χ0n) is 8.57. The summed E-state index contributed by atoms with van der Waals surface area (Å²) in [5, 5.41) is 1.82. The van der Waals surface area contributed by atoms with Crippen LogP contribution in [0.15, 0.2) is 35.2 Å². The van der Waals surface area contributed by atoms with E-state index in [0.717, 1.165) is 17.8 Å². The Hall–Kier alpha value is -1.56. The molecular weight excluding hydrogens is 251 g/mol. The van der Waals surface area contributed by atoms with Crippen LogP contribution in [0.2, 0.25) is 0 Å². The Morgan fingerprint density at radius 1 is 1.18 bits per heavy atom. The molecule has 1 aromatic heterocycles. The molecule has 0 bridgehead atoms. The summed E-state index contributed by atoms with van der Waals surface area (Å²) in [5.74, 6) is 0.394. The van der Waals surface area contributed by atoms with Crippen LogP contribution in [0.3, 0.4) is 0 Å². The zero-order valence-corrected chi connectivity index (χ0v) is 9.39. The lowest BCUT2D eigenvalue weighted by Crippen LogP contribution is -2.04. The van der Waals surface area contributed by atoms with Crippen LogP contribution in [-0.4, -0.2) is 4.98 Å². The lowest BCUT2D eigenvalue weighted by atomic mass is 10.2. The number of nitrogens with zero attached hydrogens (tertiary/aromatic N) is 1. The van der Waals surface area contributed by atoms with Gasteiger partial charge in [0.2, 0.25) is 0 Å². The summed E-state index contributed by atoms with van der Waals surface area (Å²) in [7, 11) is 0. The Morgan fingerprint density at radius 2 is 1.88 bits per heavy atom. The van der Waals surface area contributed by atoms with Crippen LogP contribution in [0.1, 0.15) is 11.3 Å². The smallest absolute Gasteiger partial charge is 0.416 e. The molecule has 90 valence electrons. The van der Waals surface area contributed by atoms with E-state index in [4.69, 9.17) is 4.74 Å². The molecular formula is C11H8F3NOS. The Morgan fingerprint density at radius 3 is 2.41 bits per heavy atom. The molecule has 0 N–H and O–H groups in total. The predicted octanol–water partition coefficient (Wildman–Crippen LogP) is 3.74. The van der Waals surface area contributed by atoms with Gasteiger partial charge in [-0.25, -0.2) is 4.98 Å². The predicted molar refractivity (Wildman–Crippen MR) is 57.9 cm³/mol. The first-order chi connectivity index (χ1) is 8.05. The maximum Gasteiger partial charge on any atom is 0.416 e. The third-order valence-electron chi connectivity index (χ3n) is 2.05. The molecule has 0 aliphatic carbocycles. The van der Waals surface area contributed by atoms with Gasteiger partial charge in [-0.2, -0.15) is 13.2 Å². The number of aromatic nitrogens is 1. The number of alkyl halides is 3. The van der Waals surface area contributed by atoms with Crippen molar-refractivity contribution >= 4 is 11.3 Å². The summed E-state index contributed by atoms with van der Waals surface area (Å²) in [6.07, 6.45) is -4.31. The Labute approximate surface area is 99.7 Å². The normalized spacial score (nSPS) is 11.5. The maximum atomic E-state index is 12.3. The van der Waals surface area contributed by atoms with Crippen molar-refractivity contribution in [3.63, 3.8) is 0 Å². The second-order valence-corrected chi connectivity index (χ2v) is 4.01. The molecule has 0 radical (unpaired) electrons. The fraction of sp³-hybridized carbons (Fsp3) is 0.182. The van der Waals surface area contributed by atoms with Gasteiger partial charge in [0.05, 0.1) is 16.8 Å². The summed E-state index contributed by atoms with van der Waals surface area (Å²) in [6, 6.07) is 4.59. The number of ether oxygens (including phenoxy) is 1. The highest BCUT2D eigenvalue weighted by atomic mass is 32.1. The van der Waals surface area contributed by atoms with Crippen LogP contribution >= 0.6 is 11.3 Å². The lowest BCUT2D eigenvalue weighted by Gasteiger charge is -2.08. The zero-order chi connectivity index (χ0) is 12.3. The van der Waals surface area contributed by atoms with E-state index in [-0.39, 0.29) is 6.61 Å². The van der Waals surface area contributed by atoms with E-state index < -0.39 is 11.7 Å². The summed E-state index contributed by atoms with van der Waals surface area (Å²) < 4.78 is 42.1. The maximum absolute atomic E-state index is 12.3. The van der Waals surface area contributed by atoms with Gasteiger partial charge in [-0.05, 0) is 24.3 Å². The van der Waals surface area contributed by atoms with Gasteiger partial charge in [0.15, 0.2) is 0 Å². The minimum Gasteiger partial charge on any atom is -0.487 e. The highest BCUT2D eigenvalue weighted by molar-refractivity contribution is 7.07. The van der Waals surface area contributed by atoms with Crippen LogP contribution < -0.4 is 4.74 Å². The van der Waals surface area contributed by atoms with E-state index in [9.17, 15) is 13.2 Å². The first-order valence-corrected chi connectivity index (χ1v) is 5.67. The van der Waals surface area contributed by atoms with Gasteiger partial charge >= 0.3 is 6.18 Å². The first kappa shape index (κ1) is 11.9. The second kappa shape index (κ2) is 4.75. The standard InChI is InChI=1S/C11H8F3NOS/c12-11(13,14)8-1-3-10(4-2-8)16-5-9-6-17-7-15-9/h1-4,6-7H,5H2. The Kier molecular flexibility index (Phi) is 3.33. The Bertz CT molecular complexity index is 464. The fourth-order valence-electron chi connectivity index (χ4n) is 1.21. The largest absolute Gasteiger partial charge is 0.487 e. The van der Waals surface area contributed by atoms with Gasteiger partial charge in [-0.15, -0.1) is 11.3 Å². The van der Waals surface area contributed by atoms with Crippen molar-refractivity contribution < 1.29 is 17.9 Å². The SMILES string of the molecule is FC(F)(F)c1ccc(OCc2cscn2)cc1. The summed E-state index contributed by atoms with van der Waals surface area (Å²) in [4.78, 5) is 4.00. The van der Waals surface area contributed by atoms with Gasteiger partial charge < -0.3 is 4.74 Å². The molecule has 0 amide bonds. The van der Waals surface area contributed by atoms with Gasteiger partial charge in [-0.1, -0.05) is 0 Å². The molecule has 17 heavy (non-hydrogen) atoms. The number of hydrogen-bond acceptors (Lipinski definition) is 3. The van der Waals surface area contributed by atoms with E-state index in [1.165, 1.54) is 23.5 Å². The molecule has 0 fully saturated rings. The van der Waals surface area contributed by atoms with Gasteiger partial charge in [0.1, 0.15) is 12.4 Å². The molecule has 2 aromatic rings. The number of rotatable bonds is 3. The number of hydrogen-bond donors (Lipinski definition) is 0. The van der Waals surface area contributed by atoms with Crippen LogP contribution in [-0.2, 0) is 12.8 Å². The monoisotopic (exact) mass is 259 g/mol. The third kappa shape index (κ3) is 3.20. The number of halogens is 3. The fourth-order valence-corrected chi connectivity index (χ4v) is 1.75. The van der Waals surface area contributed by atoms with Crippen LogP contribution in [0, 0.1) is 0 Å². The summed E-state index contributed by atoms with van der Waals surface area (Å²) >= 11 is 1.44. The minimum atomic E-state index is -4.31. The molecule has 0 unspecified atom stereocenters. The van der Waals surface area contributed by atoms with Crippen molar-refractivity contribution in [3.8, 4) is 5.75 Å². The molecule has 0 aliphatic heterocycles. The molecule has 1 aromatic carbocycles. The van der Waals surface area contributed by atoms with Crippen molar-refractivity contribution in [2.75, 3.05) is 0 Å². The summed E-state index contributed by atoms with van der Waals surface area (Å²) in [6.45, 7) is 0.259. The molecule has 0 saturated carbocycles. The highest BCUT2D eigenvalue weighted by Crippen LogP contribution is 2.30. The number of benzene rings is 1. The van der Waals surface area contributed by atoms with Crippen molar-refractivity contribution in [1.29, 1.82) is 0 Å². The second-order valence-electron chi connectivity index (χ2n) is 3.29. The quantitative estimate of drug-likeness (QED) is 0.837. The molecule has 2 rings (SSSR count). The van der Waals surface area contributed by atoms with Gasteiger partial charge in [0, 0.05) is 5.38 Å². The average Bonchev–Trinajstić information content (AvgIpc) is 2.78. The van der Waals surface area contributed by atoms with Crippen molar-refractivity contribution in [3.05, 3.63) is 46.4 Å². The highest BCUT2D eigenvalue weighted by Gasteiger charge is 2.29. The van der Waals surface area contributed by atoms with Crippen molar-refractivity contribution in [2.24, 2.45) is 0 Å². The molecule has 2 nitrogen and oxygen atoms in total. The van der Waals surface area contributed by atoms with Crippen molar-refractivity contribution in [2.45, 2.75) is 12.8 Å². The molecule has 1 heterocycles. The van der Waals surface area contributed by atoms with E-state index in [0.29, 0.717) is 5.75 Å². The third-order valence-corrected chi connectivity index (χ3v) is 2.69. The van der Waals surface area contributed by atoms with E-state index >= 15 is 0 Å². The molecule has 6 heteroatoms. The minimum absolute atomic E-state index is 0.259. The molecule has 0 spiro atoms. The van der Waals surface area contributed by atoms with Crippen LogP contribution in [0.5, 0.6) is 5.75 Å². The number of thiazole rings is 1. The van der Waals surface area contributed by atoms with Crippen LogP contribution in [0.25, 0.3) is 0 Å². The molecule has 0 saturated heterocycles. The Balaban J connectivity index is 1.99. The van der Waals surface area contributed by atoms with E-state index in [1.807, 2.05) is 5.38 Å². The average molecular weight is 259 g/mol. The van der Waals surface area contributed by atoms with Gasteiger partial charge in [0.25, 0.3) is 0 Å².